The van der Waals surface area contributed by atoms with Crippen molar-refractivity contribution in [2.75, 3.05) is 44.9 Å². The Morgan fingerprint density at radius 1 is 1.17 bits per heavy atom. The number of methoxy groups -OCH3 is 1. The smallest absolute Gasteiger partial charge is 0.344 e. The van der Waals surface area contributed by atoms with Crippen molar-refractivity contribution in [3.8, 4) is 0 Å². The van der Waals surface area contributed by atoms with Gasteiger partial charge in [0.15, 0.2) is 16.4 Å². The minimum atomic E-state index is -2.90. The second-order valence-corrected chi connectivity index (χ2v) is 6.28. The van der Waals surface area contributed by atoms with Gasteiger partial charge in [-0.3, -0.25) is 4.79 Å². The molecular weight excluding hydrogens is 262 g/mol. The molecule has 0 aliphatic carbocycles. The third-order valence-electron chi connectivity index (χ3n) is 2.65. The predicted octanol–water partition coefficient (Wildman–Crippen LogP) is -1.18. The van der Waals surface area contributed by atoms with Gasteiger partial charge in [-0.25, -0.2) is 13.2 Å². The molecule has 1 aliphatic rings. The van der Waals surface area contributed by atoms with Crippen LogP contribution in [0.4, 0.5) is 0 Å². The molecule has 1 fully saturated rings. The molecule has 0 saturated carbocycles. The van der Waals surface area contributed by atoms with E-state index in [9.17, 15) is 18.0 Å². The number of carbonyl (C=O) groups is 2. The minimum absolute atomic E-state index is 0.129. The van der Waals surface area contributed by atoms with E-state index in [1.54, 1.807) is 0 Å². The van der Waals surface area contributed by atoms with Crippen molar-refractivity contribution in [2.45, 2.75) is 6.42 Å². The number of rotatable bonds is 5. The van der Waals surface area contributed by atoms with E-state index in [0.717, 1.165) is 0 Å². The van der Waals surface area contributed by atoms with Crippen LogP contribution in [0.5, 0.6) is 0 Å². The van der Waals surface area contributed by atoms with Crippen LogP contribution < -0.4 is 0 Å². The fourth-order valence-corrected chi connectivity index (χ4v) is 2.77. The zero-order valence-corrected chi connectivity index (χ0v) is 11.1. The lowest BCUT2D eigenvalue weighted by Gasteiger charge is -2.25. The summed E-state index contributed by atoms with van der Waals surface area (Å²) in [6.07, 6.45) is 0.136. The van der Waals surface area contributed by atoms with E-state index in [-0.39, 0.29) is 24.5 Å². The normalized spacial score (nSPS) is 19.2. The summed E-state index contributed by atoms with van der Waals surface area (Å²) in [4.78, 5) is 23.9. The van der Waals surface area contributed by atoms with Crippen LogP contribution in [0, 0.1) is 0 Å². The van der Waals surface area contributed by atoms with Crippen LogP contribution in [-0.2, 0) is 28.9 Å². The Morgan fingerprint density at radius 3 is 2.33 bits per heavy atom. The summed E-state index contributed by atoms with van der Waals surface area (Å²) in [5.74, 6) is -0.838. The minimum Gasteiger partial charge on any atom is -0.466 e. The maximum Gasteiger partial charge on any atom is 0.344 e. The molecule has 0 radical (unpaired) electrons. The van der Waals surface area contributed by atoms with Gasteiger partial charge < -0.3 is 14.4 Å². The molecule has 8 heteroatoms. The molecule has 1 rings (SSSR count). The molecule has 0 aromatic rings. The number of ether oxygens (including phenoxy) is 2. The standard InChI is InChI=1S/C10H17NO6S/c1-16-10(13)8-17-9(12)2-3-11-4-6-18(14,15)7-5-11/h2-8H2,1H3. The third-order valence-corrected chi connectivity index (χ3v) is 4.26. The average Bonchev–Trinajstić information content (AvgIpc) is 2.34. The van der Waals surface area contributed by atoms with E-state index in [1.807, 2.05) is 4.90 Å². The predicted molar refractivity (Wildman–Crippen MR) is 62.7 cm³/mol. The van der Waals surface area contributed by atoms with Gasteiger partial charge in [0.25, 0.3) is 0 Å². The number of esters is 2. The lowest BCUT2D eigenvalue weighted by molar-refractivity contribution is -0.157. The van der Waals surface area contributed by atoms with Gasteiger partial charge in [-0.1, -0.05) is 0 Å². The largest absolute Gasteiger partial charge is 0.466 e. The van der Waals surface area contributed by atoms with E-state index in [4.69, 9.17) is 0 Å². The summed E-state index contributed by atoms with van der Waals surface area (Å²) >= 11 is 0. The first-order valence-corrected chi connectivity index (χ1v) is 7.40. The Morgan fingerprint density at radius 2 is 1.78 bits per heavy atom. The van der Waals surface area contributed by atoms with Crippen LogP contribution in [0.3, 0.4) is 0 Å². The summed E-state index contributed by atoms with van der Waals surface area (Å²) in [5.41, 5.74) is 0. The number of hydrogen-bond donors (Lipinski definition) is 0. The first-order chi connectivity index (χ1) is 8.43. The topological polar surface area (TPSA) is 90.0 Å². The molecule has 0 atom stereocenters. The molecule has 0 spiro atoms. The Bertz CT molecular complexity index is 391. The molecule has 18 heavy (non-hydrogen) atoms. The number of hydrogen-bond acceptors (Lipinski definition) is 7. The van der Waals surface area contributed by atoms with E-state index in [1.165, 1.54) is 7.11 Å². The Hall–Kier alpha value is -1.15. The monoisotopic (exact) mass is 279 g/mol. The Kier molecular flexibility index (Phi) is 5.54. The van der Waals surface area contributed by atoms with Crippen LogP contribution in [0.15, 0.2) is 0 Å². The zero-order chi connectivity index (χ0) is 13.6. The van der Waals surface area contributed by atoms with Crippen LogP contribution in [0.2, 0.25) is 0 Å². The lowest BCUT2D eigenvalue weighted by atomic mass is 10.3. The Labute approximate surface area is 106 Å². The Balaban J connectivity index is 2.17. The molecule has 1 saturated heterocycles. The van der Waals surface area contributed by atoms with Gasteiger partial charge >= 0.3 is 11.9 Å². The molecule has 1 aliphatic heterocycles. The van der Waals surface area contributed by atoms with Crippen LogP contribution in [0.25, 0.3) is 0 Å². The summed E-state index contributed by atoms with van der Waals surface area (Å²) < 4.78 is 31.3. The summed E-state index contributed by atoms with van der Waals surface area (Å²) in [7, 11) is -1.69. The fraction of sp³-hybridized carbons (Fsp3) is 0.800. The van der Waals surface area contributed by atoms with E-state index in [2.05, 4.69) is 9.47 Å². The van der Waals surface area contributed by atoms with Gasteiger partial charge in [-0.15, -0.1) is 0 Å². The molecule has 0 bridgehead atoms. The zero-order valence-electron chi connectivity index (χ0n) is 10.3. The number of nitrogens with zero attached hydrogens (tertiary/aromatic N) is 1. The van der Waals surface area contributed by atoms with Crippen molar-refractivity contribution < 1.29 is 27.5 Å². The fourth-order valence-electron chi connectivity index (χ4n) is 1.49. The number of carbonyl (C=O) groups excluding carboxylic acids is 2. The third kappa shape index (κ3) is 5.46. The molecule has 1 heterocycles. The second-order valence-electron chi connectivity index (χ2n) is 3.98. The molecule has 0 aromatic carbocycles. The van der Waals surface area contributed by atoms with Crippen molar-refractivity contribution in [1.82, 2.24) is 4.90 Å². The van der Waals surface area contributed by atoms with Gasteiger partial charge in [0.1, 0.15) is 0 Å². The SMILES string of the molecule is COC(=O)COC(=O)CCN1CCS(=O)(=O)CC1. The maximum absolute atomic E-state index is 11.3. The lowest BCUT2D eigenvalue weighted by Crippen LogP contribution is -2.41. The van der Waals surface area contributed by atoms with Gasteiger partial charge in [-0.05, 0) is 0 Å². The van der Waals surface area contributed by atoms with Gasteiger partial charge in [-0.2, -0.15) is 0 Å². The average molecular weight is 279 g/mol. The van der Waals surface area contributed by atoms with Crippen LogP contribution >= 0.6 is 0 Å². The van der Waals surface area contributed by atoms with Crippen molar-refractivity contribution >= 4 is 21.8 Å². The van der Waals surface area contributed by atoms with Crippen molar-refractivity contribution in [3.63, 3.8) is 0 Å². The molecule has 0 N–H and O–H groups in total. The van der Waals surface area contributed by atoms with Crippen LogP contribution in [0.1, 0.15) is 6.42 Å². The van der Waals surface area contributed by atoms with E-state index in [0.29, 0.717) is 19.6 Å². The molecule has 104 valence electrons. The van der Waals surface area contributed by atoms with Gasteiger partial charge in [0.2, 0.25) is 0 Å². The molecule has 7 nitrogen and oxygen atoms in total. The van der Waals surface area contributed by atoms with Crippen molar-refractivity contribution in [1.29, 1.82) is 0 Å². The molecule has 0 amide bonds. The van der Waals surface area contributed by atoms with Gasteiger partial charge in [0.05, 0.1) is 25.0 Å². The summed E-state index contributed by atoms with van der Waals surface area (Å²) in [6, 6.07) is 0. The first-order valence-electron chi connectivity index (χ1n) is 5.58. The highest BCUT2D eigenvalue weighted by Gasteiger charge is 2.21. The van der Waals surface area contributed by atoms with E-state index >= 15 is 0 Å². The highest BCUT2D eigenvalue weighted by atomic mass is 32.2. The summed E-state index contributed by atoms with van der Waals surface area (Å²) in [5, 5.41) is 0. The van der Waals surface area contributed by atoms with Crippen molar-refractivity contribution in [2.24, 2.45) is 0 Å². The summed E-state index contributed by atoms with van der Waals surface area (Å²) in [6.45, 7) is 0.929. The highest BCUT2D eigenvalue weighted by Crippen LogP contribution is 2.04. The molecular formula is C10H17NO6S. The van der Waals surface area contributed by atoms with E-state index < -0.39 is 21.8 Å². The quantitative estimate of drug-likeness (QED) is 0.585. The first kappa shape index (κ1) is 14.9. The van der Waals surface area contributed by atoms with Gasteiger partial charge in [0, 0.05) is 19.6 Å². The highest BCUT2D eigenvalue weighted by molar-refractivity contribution is 7.91. The maximum atomic E-state index is 11.3. The van der Waals surface area contributed by atoms with Crippen molar-refractivity contribution in [3.05, 3.63) is 0 Å². The number of sulfone groups is 1. The second kappa shape index (κ2) is 6.69. The molecule has 0 unspecified atom stereocenters. The molecule has 0 aromatic heterocycles. The van der Waals surface area contributed by atoms with Crippen LogP contribution in [-0.4, -0.2) is 70.1 Å².